The van der Waals surface area contributed by atoms with E-state index in [1.165, 1.54) is 5.56 Å². The van der Waals surface area contributed by atoms with Crippen LogP contribution in [0.15, 0.2) is 36.5 Å². The van der Waals surface area contributed by atoms with Crippen molar-refractivity contribution in [1.82, 2.24) is 15.1 Å². The molecular weight excluding hydrogens is 262 g/mol. The van der Waals surface area contributed by atoms with Gasteiger partial charge in [-0.15, -0.1) is 0 Å². The number of nitrogens with zero attached hydrogens (tertiary/aromatic N) is 2. The zero-order valence-corrected chi connectivity index (χ0v) is 13.2. The van der Waals surface area contributed by atoms with Crippen molar-refractivity contribution < 1.29 is 4.74 Å². The Balaban J connectivity index is 2.17. The Labute approximate surface area is 127 Å². The highest BCUT2D eigenvalue weighted by atomic mass is 16.5. The third kappa shape index (κ3) is 4.08. The van der Waals surface area contributed by atoms with Crippen molar-refractivity contribution in [2.45, 2.75) is 25.7 Å². The van der Waals surface area contributed by atoms with Crippen LogP contribution in [-0.4, -0.2) is 30.0 Å². The highest BCUT2D eigenvalue weighted by Crippen LogP contribution is 2.25. The summed E-state index contributed by atoms with van der Waals surface area (Å²) in [5.41, 5.74) is 2.49. The Hall–Kier alpha value is -1.81. The molecule has 0 bridgehead atoms. The van der Waals surface area contributed by atoms with Gasteiger partial charge in [0.25, 0.3) is 0 Å². The second kappa shape index (κ2) is 7.84. The highest BCUT2D eigenvalue weighted by Gasteiger charge is 2.17. The van der Waals surface area contributed by atoms with Gasteiger partial charge in [-0.1, -0.05) is 37.3 Å². The molecule has 0 amide bonds. The summed E-state index contributed by atoms with van der Waals surface area (Å²) in [6.45, 7) is 4.20. The van der Waals surface area contributed by atoms with Gasteiger partial charge in [0.05, 0.1) is 19.0 Å². The van der Waals surface area contributed by atoms with Gasteiger partial charge < -0.3 is 10.1 Å². The standard InChI is InChI=1S/C17H25N3O/c1-4-10-18-12-15(14-8-6-5-7-9-14)11-16-17(21-3)13-19-20(16)2/h5-9,13,15,18H,4,10-12H2,1-3H3. The van der Waals surface area contributed by atoms with E-state index in [0.717, 1.165) is 37.4 Å². The summed E-state index contributed by atoms with van der Waals surface area (Å²) in [5.74, 6) is 1.29. The Morgan fingerprint density at radius 1 is 1.29 bits per heavy atom. The van der Waals surface area contributed by atoms with Gasteiger partial charge in [0.15, 0.2) is 5.75 Å². The van der Waals surface area contributed by atoms with Crippen LogP contribution in [0.3, 0.4) is 0 Å². The summed E-state index contributed by atoms with van der Waals surface area (Å²) < 4.78 is 7.34. The van der Waals surface area contributed by atoms with Gasteiger partial charge in [0.2, 0.25) is 0 Å². The van der Waals surface area contributed by atoms with E-state index in [2.05, 4.69) is 47.7 Å². The molecule has 2 aromatic rings. The number of methoxy groups -OCH3 is 1. The molecule has 21 heavy (non-hydrogen) atoms. The van der Waals surface area contributed by atoms with Gasteiger partial charge >= 0.3 is 0 Å². The summed E-state index contributed by atoms with van der Waals surface area (Å²) in [4.78, 5) is 0. The molecule has 4 nitrogen and oxygen atoms in total. The molecule has 0 saturated carbocycles. The van der Waals surface area contributed by atoms with Gasteiger partial charge in [-0.25, -0.2) is 0 Å². The van der Waals surface area contributed by atoms with Gasteiger partial charge in [-0.05, 0) is 18.5 Å². The zero-order valence-electron chi connectivity index (χ0n) is 13.2. The van der Waals surface area contributed by atoms with Crippen LogP contribution < -0.4 is 10.1 Å². The first-order chi connectivity index (χ1) is 10.3. The molecule has 0 spiro atoms. The summed E-state index contributed by atoms with van der Waals surface area (Å²) in [6, 6.07) is 10.7. The van der Waals surface area contributed by atoms with Crippen molar-refractivity contribution in [3.63, 3.8) is 0 Å². The van der Waals surface area contributed by atoms with Crippen molar-refractivity contribution in [3.05, 3.63) is 47.8 Å². The number of ether oxygens (including phenoxy) is 1. The van der Waals surface area contributed by atoms with Crippen molar-refractivity contribution in [1.29, 1.82) is 0 Å². The predicted octanol–water partition coefficient (Wildman–Crippen LogP) is 2.75. The molecule has 1 aromatic carbocycles. The minimum Gasteiger partial charge on any atom is -0.493 e. The quantitative estimate of drug-likeness (QED) is 0.759. The van der Waals surface area contributed by atoms with Crippen LogP contribution in [0.5, 0.6) is 5.75 Å². The lowest BCUT2D eigenvalue weighted by Crippen LogP contribution is -2.24. The average Bonchev–Trinajstić information content (AvgIpc) is 2.87. The number of hydrogen-bond acceptors (Lipinski definition) is 3. The average molecular weight is 287 g/mol. The molecule has 0 aliphatic carbocycles. The molecule has 1 heterocycles. The van der Waals surface area contributed by atoms with E-state index >= 15 is 0 Å². The summed E-state index contributed by atoms with van der Waals surface area (Å²) in [6.07, 6.45) is 3.85. The van der Waals surface area contributed by atoms with Crippen molar-refractivity contribution >= 4 is 0 Å². The number of aryl methyl sites for hydroxylation is 1. The number of benzene rings is 1. The van der Waals surface area contributed by atoms with Crippen LogP contribution in [0.4, 0.5) is 0 Å². The van der Waals surface area contributed by atoms with E-state index in [0.29, 0.717) is 5.92 Å². The Bertz CT molecular complexity index is 536. The normalized spacial score (nSPS) is 12.3. The maximum atomic E-state index is 5.42. The molecular formula is C17H25N3O. The fourth-order valence-corrected chi connectivity index (χ4v) is 2.57. The van der Waals surface area contributed by atoms with Gasteiger partial charge in [-0.3, -0.25) is 4.68 Å². The zero-order chi connectivity index (χ0) is 15.1. The fraction of sp³-hybridized carbons (Fsp3) is 0.471. The molecule has 1 atom stereocenters. The van der Waals surface area contributed by atoms with E-state index in [1.54, 1.807) is 13.3 Å². The smallest absolute Gasteiger partial charge is 0.159 e. The van der Waals surface area contributed by atoms with Crippen LogP contribution >= 0.6 is 0 Å². The van der Waals surface area contributed by atoms with Crippen LogP contribution in [0.1, 0.15) is 30.5 Å². The van der Waals surface area contributed by atoms with Crippen LogP contribution in [0.2, 0.25) is 0 Å². The lowest BCUT2D eigenvalue weighted by Gasteiger charge is -2.19. The maximum absolute atomic E-state index is 5.42. The fourth-order valence-electron chi connectivity index (χ4n) is 2.57. The van der Waals surface area contributed by atoms with Crippen LogP contribution in [-0.2, 0) is 13.5 Å². The van der Waals surface area contributed by atoms with Crippen molar-refractivity contribution in [2.75, 3.05) is 20.2 Å². The highest BCUT2D eigenvalue weighted by molar-refractivity contribution is 5.29. The number of hydrogen-bond donors (Lipinski definition) is 1. The molecule has 0 aliphatic rings. The summed E-state index contributed by atoms with van der Waals surface area (Å²) in [5, 5.41) is 7.83. The first kappa shape index (κ1) is 15.6. The molecule has 0 saturated heterocycles. The van der Waals surface area contributed by atoms with Crippen LogP contribution in [0.25, 0.3) is 0 Å². The van der Waals surface area contributed by atoms with E-state index < -0.39 is 0 Å². The van der Waals surface area contributed by atoms with Gasteiger partial charge in [0.1, 0.15) is 0 Å². The van der Waals surface area contributed by atoms with E-state index in [4.69, 9.17) is 4.74 Å². The van der Waals surface area contributed by atoms with E-state index in [1.807, 2.05) is 11.7 Å². The molecule has 2 rings (SSSR count). The molecule has 0 aliphatic heterocycles. The molecule has 1 unspecified atom stereocenters. The Morgan fingerprint density at radius 2 is 2.05 bits per heavy atom. The molecule has 1 N–H and O–H groups in total. The van der Waals surface area contributed by atoms with Crippen LogP contribution in [0, 0.1) is 0 Å². The SMILES string of the molecule is CCCNCC(Cc1c(OC)cnn1C)c1ccccc1. The summed E-state index contributed by atoms with van der Waals surface area (Å²) >= 11 is 0. The van der Waals surface area contributed by atoms with Gasteiger partial charge in [0, 0.05) is 25.9 Å². The summed E-state index contributed by atoms with van der Waals surface area (Å²) in [7, 11) is 3.67. The lowest BCUT2D eigenvalue weighted by atomic mass is 9.94. The maximum Gasteiger partial charge on any atom is 0.159 e. The van der Waals surface area contributed by atoms with Gasteiger partial charge in [-0.2, -0.15) is 5.10 Å². The molecule has 0 radical (unpaired) electrons. The molecule has 114 valence electrons. The Kier molecular flexibility index (Phi) is 5.81. The largest absolute Gasteiger partial charge is 0.493 e. The predicted molar refractivity (Wildman–Crippen MR) is 85.8 cm³/mol. The molecule has 0 fully saturated rings. The minimum absolute atomic E-state index is 0.419. The number of nitrogens with one attached hydrogen (secondary N) is 1. The second-order valence-corrected chi connectivity index (χ2v) is 5.30. The van der Waals surface area contributed by atoms with Crippen molar-refractivity contribution in [2.24, 2.45) is 7.05 Å². The first-order valence-corrected chi connectivity index (χ1v) is 7.56. The lowest BCUT2D eigenvalue weighted by molar-refractivity contribution is 0.405. The topological polar surface area (TPSA) is 39.1 Å². The van der Waals surface area contributed by atoms with Crippen molar-refractivity contribution in [3.8, 4) is 5.75 Å². The first-order valence-electron chi connectivity index (χ1n) is 7.56. The Morgan fingerprint density at radius 3 is 2.71 bits per heavy atom. The van der Waals surface area contributed by atoms with E-state index in [-0.39, 0.29) is 0 Å². The number of rotatable bonds is 8. The molecule has 1 aromatic heterocycles. The third-order valence-corrected chi connectivity index (χ3v) is 3.77. The van der Waals surface area contributed by atoms with E-state index in [9.17, 15) is 0 Å². The monoisotopic (exact) mass is 287 g/mol. The second-order valence-electron chi connectivity index (χ2n) is 5.30. The molecule has 4 heteroatoms. The third-order valence-electron chi connectivity index (χ3n) is 3.77. The number of aromatic nitrogens is 2. The minimum atomic E-state index is 0.419.